The molecule has 15 aromatic rings. The zero-order chi connectivity index (χ0) is 73.3. The number of para-hydroxylation sites is 2. The van der Waals surface area contributed by atoms with Gasteiger partial charge in [0, 0.05) is 76.8 Å². The first kappa shape index (κ1) is 66.7. The maximum absolute atomic E-state index is 7.26. The van der Waals surface area contributed by atoms with Crippen molar-refractivity contribution in [1.82, 2.24) is 0 Å². The summed E-state index contributed by atoms with van der Waals surface area (Å²) in [5.74, 6) is 0. The molecular formula is C105H95NO2. The average Bonchev–Trinajstić information content (AvgIpc) is 1.50. The first-order valence-electron chi connectivity index (χ1n) is 40.4. The Morgan fingerprint density at radius 1 is 0.269 bits per heavy atom. The molecule has 2 heterocycles. The molecular weight excluding hydrogens is 1310 g/mol. The summed E-state index contributed by atoms with van der Waals surface area (Å²) in [6.07, 6.45) is 15.4. The third kappa shape index (κ3) is 9.64. The van der Waals surface area contributed by atoms with E-state index in [9.17, 15) is 0 Å². The van der Waals surface area contributed by atoms with Gasteiger partial charge in [-0.2, -0.15) is 0 Å². The Kier molecular flexibility index (Phi) is 15.2. The van der Waals surface area contributed by atoms with E-state index in [4.69, 9.17) is 8.83 Å². The van der Waals surface area contributed by atoms with Crippen LogP contribution in [-0.4, -0.2) is 0 Å². The smallest absolute Gasteiger partial charge is 0.144 e. The Bertz CT molecular complexity index is 6220. The molecule has 108 heavy (non-hydrogen) atoms. The van der Waals surface area contributed by atoms with Crippen molar-refractivity contribution in [2.24, 2.45) is 0 Å². The molecule has 0 saturated carbocycles. The Balaban J connectivity index is 0.690. The first-order chi connectivity index (χ1) is 52.5. The third-order valence-corrected chi connectivity index (χ3v) is 26.9. The van der Waals surface area contributed by atoms with Gasteiger partial charge < -0.3 is 13.7 Å². The Hall–Kier alpha value is -10.7. The van der Waals surface area contributed by atoms with Crippen LogP contribution in [0.1, 0.15) is 202 Å². The van der Waals surface area contributed by atoms with E-state index in [-0.39, 0.29) is 21.7 Å². The van der Waals surface area contributed by atoms with Gasteiger partial charge >= 0.3 is 0 Å². The van der Waals surface area contributed by atoms with Crippen LogP contribution >= 0.6 is 0 Å². The van der Waals surface area contributed by atoms with E-state index < -0.39 is 5.41 Å². The highest BCUT2D eigenvalue weighted by Gasteiger charge is 2.50. The molecule has 0 amide bonds. The van der Waals surface area contributed by atoms with Gasteiger partial charge in [0.1, 0.15) is 22.3 Å². The van der Waals surface area contributed by atoms with E-state index >= 15 is 0 Å². The molecule has 0 unspecified atom stereocenters. The summed E-state index contributed by atoms with van der Waals surface area (Å²) in [6, 6.07) is 95.3. The minimum Gasteiger partial charge on any atom is -0.455 e. The molecule has 2 aromatic heterocycles. The number of nitrogens with zero attached hydrogens (tertiary/aromatic N) is 1. The van der Waals surface area contributed by atoms with E-state index in [1.54, 1.807) is 11.1 Å². The number of anilines is 3. The maximum Gasteiger partial charge on any atom is 0.144 e. The van der Waals surface area contributed by atoms with Crippen LogP contribution < -0.4 is 4.90 Å². The van der Waals surface area contributed by atoms with Gasteiger partial charge in [-0.15, -0.1) is 0 Å². The topological polar surface area (TPSA) is 29.5 Å². The van der Waals surface area contributed by atoms with Gasteiger partial charge in [0.15, 0.2) is 0 Å². The van der Waals surface area contributed by atoms with Gasteiger partial charge in [-0.05, 0) is 219 Å². The zero-order valence-electron chi connectivity index (χ0n) is 64.4. The predicted molar refractivity (Wildman–Crippen MR) is 455 cm³/mol. The summed E-state index contributed by atoms with van der Waals surface area (Å²) < 4.78 is 14.4. The Labute approximate surface area is 637 Å². The predicted octanol–water partition coefficient (Wildman–Crippen LogP) is 30.2. The fourth-order valence-corrected chi connectivity index (χ4v) is 21.4. The number of fused-ring (bicyclic) bond motifs is 25. The van der Waals surface area contributed by atoms with Crippen molar-refractivity contribution >= 4 is 60.9 Å². The molecule has 5 aliphatic rings. The van der Waals surface area contributed by atoms with Crippen LogP contribution in [0.5, 0.6) is 0 Å². The van der Waals surface area contributed by atoms with Crippen LogP contribution in [0.15, 0.2) is 258 Å². The van der Waals surface area contributed by atoms with Crippen LogP contribution in [0.25, 0.3) is 133 Å². The van der Waals surface area contributed by atoms with Crippen molar-refractivity contribution in [1.29, 1.82) is 0 Å². The summed E-state index contributed by atoms with van der Waals surface area (Å²) in [4.78, 5) is 2.53. The molecule has 0 aliphatic heterocycles. The molecule has 0 fully saturated rings. The van der Waals surface area contributed by atoms with Gasteiger partial charge in [0.2, 0.25) is 0 Å². The van der Waals surface area contributed by atoms with E-state index in [1.807, 2.05) is 0 Å². The summed E-state index contributed by atoms with van der Waals surface area (Å²) in [5.41, 5.74) is 40.2. The Morgan fingerprint density at radius 2 is 0.704 bits per heavy atom. The number of rotatable bonds is 18. The van der Waals surface area contributed by atoms with Gasteiger partial charge in [-0.1, -0.05) is 309 Å². The molecule has 0 spiro atoms. The second-order valence-corrected chi connectivity index (χ2v) is 34.4. The molecule has 532 valence electrons. The van der Waals surface area contributed by atoms with Crippen molar-refractivity contribution in [3.8, 4) is 89.0 Å². The lowest BCUT2D eigenvalue weighted by Crippen LogP contribution is -2.25. The zero-order valence-corrected chi connectivity index (χ0v) is 64.4. The van der Waals surface area contributed by atoms with E-state index in [0.29, 0.717) is 0 Å². The molecule has 0 bridgehead atoms. The Morgan fingerprint density at radius 3 is 1.36 bits per heavy atom. The SMILES string of the molecule is CCCCCCCC1(CCCCCCC)c2ccccc2-c2ccc(-c3ccc4c(c3)C(C)(C)c3cc(-c5cc6c(c7c5oc5ccccc57)-c5ccc(N(c7cccc(-c8ccccc8)c7)c7ccc8c(c7)C(C)(C)c7c9c(c%10c(oc%11ccccc%11%10)c7-8)-c7ccccc7C9(C)C)cc5C6(C)C)ccc3-4)cc21. The van der Waals surface area contributed by atoms with Gasteiger partial charge in [-0.25, -0.2) is 0 Å². The lowest BCUT2D eigenvalue weighted by atomic mass is 9.70. The quantitative estimate of drug-likeness (QED) is 0.0802. The van der Waals surface area contributed by atoms with E-state index in [2.05, 4.69) is 323 Å². The highest BCUT2D eigenvalue weighted by Crippen LogP contribution is 2.65. The number of hydrogen-bond acceptors (Lipinski definition) is 3. The molecule has 0 radical (unpaired) electrons. The van der Waals surface area contributed by atoms with Crippen molar-refractivity contribution in [3.63, 3.8) is 0 Å². The van der Waals surface area contributed by atoms with Crippen LogP contribution in [0, 0.1) is 0 Å². The van der Waals surface area contributed by atoms with Crippen LogP contribution in [0.2, 0.25) is 0 Å². The summed E-state index contributed by atoms with van der Waals surface area (Å²) >= 11 is 0. The summed E-state index contributed by atoms with van der Waals surface area (Å²) in [7, 11) is 0. The lowest BCUT2D eigenvalue weighted by Gasteiger charge is -2.33. The fourth-order valence-electron chi connectivity index (χ4n) is 21.4. The van der Waals surface area contributed by atoms with Crippen molar-refractivity contribution in [2.75, 3.05) is 4.90 Å². The summed E-state index contributed by atoms with van der Waals surface area (Å²) in [6.45, 7) is 24.3. The van der Waals surface area contributed by atoms with Crippen molar-refractivity contribution in [3.05, 3.63) is 304 Å². The van der Waals surface area contributed by atoms with E-state index in [1.165, 1.54) is 221 Å². The highest BCUT2D eigenvalue weighted by molar-refractivity contribution is 6.22. The fraction of sp³-hybridized carbons (Fsp3) is 0.257. The van der Waals surface area contributed by atoms with Crippen LogP contribution in [0.3, 0.4) is 0 Å². The average molecular weight is 1400 g/mol. The molecule has 0 saturated heterocycles. The van der Waals surface area contributed by atoms with Crippen molar-refractivity contribution < 1.29 is 8.83 Å². The largest absolute Gasteiger partial charge is 0.455 e. The van der Waals surface area contributed by atoms with Gasteiger partial charge in [-0.3, -0.25) is 0 Å². The highest BCUT2D eigenvalue weighted by atomic mass is 16.3. The molecule has 3 nitrogen and oxygen atoms in total. The minimum absolute atomic E-state index is 0.0277. The first-order valence-corrected chi connectivity index (χ1v) is 40.4. The molecule has 5 aliphatic carbocycles. The number of furan rings is 2. The monoisotopic (exact) mass is 1400 g/mol. The molecule has 20 rings (SSSR count). The van der Waals surface area contributed by atoms with Crippen LogP contribution in [-0.2, 0) is 27.1 Å². The van der Waals surface area contributed by atoms with Crippen LogP contribution in [0.4, 0.5) is 17.1 Å². The molecule has 0 N–H and O–H groups in total. The third-order valence-electron chi connectivity index (χ3n) is 26.9. The molecule has 0 atom stereocenters. The number of hydrogen-bond donors (Lipinski definition) is 0. The lowest BCUT2D eigenvalue weighted by molar-refractivity contribution is 0.399. The van der Waals surface area contributed by atoms with Gasteiger partial charge in [0.05, 0.1) is 0 Å². The van der Waals surface area contributed by atoms with Crippen molar-refractivity contribution in [2.45, 2.75) is 173 Å². The summed E-state index contributed by atoms with van der Waals surface area (Å²) in [5, 5.41) is 4.72. The standard InChI is InChI=1S/C105H95NO2/c1-11-13-15-17-30-55-105(56-31-18-16-14-12-2)83-42-27-22-37-72(83)75-51-46-67(59-88(75)105)66-45-50-73-74-52-47-68(60-85(74)101(3,4)84(73)58-66)81-63-89-92(94-79-39-24-28-43-90(79)107-99(81)94)77-53-48-70(61-86(77)102(89,5)6)106(69-36-32-35-65(57-69)64-33-20-19-21-34-64)71-49-54-78-87(62-71)104(9,10)98-96(78)100-95(80-40-25-29-44-91(80)108-100)93-76-38-23-26-41-82(76)103(7,8)97(93)98/h19-29,32-54,57-63H,11-18,30-31,55-56H2,1-10H3. The second-order valence-electron chi connectivity index (χ2n) is 34.4. The molecule has 3 heteroatoms. The molecule has 13 aromatic carbocycles. The second kappa shape index (κ2) is 24.6. The normalized spacial score (nSPS) is 15.6. The number of benzene rings is 13. The van der Waals surface area contributed by atoms with Gasteiger partial charge in [0.25, 0.3) is 0 Å². The number of unbranched alkanes of at least 4 members (excludes halogenated alkanes) is 8. The van der Waals surface area contributed by atoms with E-state index in [0.717, 1.165) is 50.3 Å². The maximum atomic E-state index is 7.26. The minimum atomic E-state index is -0.407.